The zero-order valence-electron chi connectivity index (χ0n) is 9.16. The maximum atomic E-state index is 2.20. The van der Waals surface area contributed by atoms with E-state index in [2.05, 4.69) is 55.5 Å². The zero-order chi connectivity index (χ0) is 9.10. The van der Waals surface area contributed by atoms with Crippen LogP contribution in [0.1, 0.15) is 5.56 Å². The van der Waals surface area contributed by atoms with Gasteiger partial charge in [0.15, 0.2) is 0 Å². The molecule has 0 amide bonds. The van der Waals surface area contributed by atoms with Gasteiger partial charge in [-0.1, -0.05) is 60.2 Å². The SMILES string of the molecule is Cc1cccc(-c2ccccc2)c1.[Cl-].[Cl-].[Mg+2]. The van der Waals surface area contributed by atoms with Crippen LogP contribution in [0.25, 0.3) is 11.1 Å². The number of rotatable bonds is 1. The number of benzene rings is 2. The molecule has 0 aliphatic carbocycles. The number of hydrogen-bond acceptors (Lipinski definition) is 0. The first-order valence-electron chi connectivity index (χ1n) is 4.48. The molecule has 0 saturated carbocycles. The summed E-state index contributed by atoms with van der Waals surface area (Å²) in [5.41, 5.74) is 3.88. The van der Waals surface area contributed by atoms with Gasteiger partial charge < -0.3 is 24.8 Å². The molecule has 0 fully saturated rings. The number of halogens is 2. The van der Waals surface area contributed by atoms with Gasteiger partial charge in [-0.05, 0) is 18.1 Å². The zero-order valence-corrected chi connectivity index (χ0v) is 12.1. The molecule has 0 atom stereocenters. The molecule has 2 rings (SSSR count). The Kier molecular flexibility index (Phi) is 10.1. The molecule has 0 saturated heterocycles. The predicted molar refractivity (Wildman–Crippen MR) is 62.4 cm³/mol. The van der Waals surface area contributed by atoms with E-state index in [9.17, 15) is 0 Å². The Morgan fingerprint density at radius 3 is 1.81 bits per heavy atom. The van der Waals surface area contributed by atoms with E-state index in [0.717, 1.165) is 0 Å². The van der Waals surface area contributed by atoms with E-state index in [1.165, 1.54) is 16.7 Å². The van der Waals surface area contributed by atoms with Crippen molar-refractivity contribution in [2.45, 2.75) is 6.92 Å². The largest absolute Gasteiger partial charge is 2.00 e. The smallest absolute Gasteiger partial charge is 1.00 e. The van der Waals surface area contributed by atoms with Crippen molar-refractivity contribution in [1.82, 2.24) is 0 Å². The fourth-order valence-electron chi connectivity index (χ4n) is 1.46. The van der Waals surface area contributed by atoms with Crippen molar-refractivity contribution in [2.75, 3.05) is 0 Å². The molecule has 0 radical (unpaired) electrons. The van der Waals surface area contributed by atoms with Crippen molar-refractivity contribution in [1.29, 1.82) is 0 Å². The molecule has 0 aliphatic heterocycles. The van der Waals surface area contributed by atoms with E-state index >= 15 is 0 Å². The van der Waals surface area contributed by atoms with Gasteiger partial charge >= 0.3 is 23.1 Å². The molecular formula is C13H12Cl2Mg. The first-order valence-corrected chi connectivity index (χ1v) is 4.48. The predicted octanol–water partition coefficient (Wildman–Crippen LogP) is -2.71. The van der Waals surface area contributed by atoms with Crippen LogP contribution in [0, 0.1) is 6.92 Å². The summed E-state index contributed by atoms with van der Waals surface area (Å²) in [6.45, 7) is 2.12. The van der Waals surface area contributed by atoms with Gasteiger partial charge in [-0.2, -0.15) is 0 Å². The molecular weight excluding hydrogens is 251 g/mol. The van der Waals surface area contributed by atoms with Crippen LogP contribution in [0.5, 0.6) is 0 Å². The monoisotopic (exact) mass is 262 g/mol. The van der Waals surface area contributed by atoms with Gasteiger partial charge in [-0.15, -0.1) is 0 Å². The summed E-state index contributed by atoms with van der Waals surface area (Å²) in [5.74, 6) is 0. The van der Waals surface area contributed by atoms with Crippen molar-refractivity contribution in [3.05, 3.63) is 60.2 Å². The fraction of sp³-hybridized carbons (Fsp3) is 0.0769. The molecule has 0 aromatic heterocycles. The van der Waals surface area contributed by atoms with Crippen LogP contribution in [0.2, 0.25) is 0 Å². The Morgan fingerprint density at radius 1 is 0.688 bits per heavy atom. The molecule has 2 aromatic rings. The molecule has 0 heterocycles. The normalized spacial score (nSPS) is 8.06. The van der Waals surface area contributed by atoms with E-state index < -0.39 is 0 Å². The third-order valence-corrected chi connectivity index (χ3v) is 2.13. The summed E-state index contributed by atoms with van der Waals surface area (Å²) in [7, 11) is 0. The van der Waals surface area contributed by atoms with Crippen LogP contribution < -0.4 is 24.8 Å². The molecule has 3 heteroatoms. The van der Waals surface area contributed by atoms with Crippen LogP contribution in [-0.4, -0.2) is 23.1 Å². The van der Waals surface area contributed by atoms with Gasteiger partial charge in [-0.25, -0.2) is 0 Å². The van der Waals surface area contributed by atoms with Crippen LogP contribution in [0.4, 0.5) is 0 Å². The molecule has 80 valence electrons. The second kappa shape index (κ2) is 8.88. The molecule has 16 heavy (non-hydrogen) atoms. The van der Waals surface area contributed by atoms with Crippen molar-refractivity contribution in [3.8, 4) is 11.1 Å². The van der Waals surface area contributed by atoms with Gasteiger partial charge in [0.25, 0.3) is 0 Å². The summed E-state index contributed by atoms with van der Waals surface area (Å²) in [6.07, 6.45) is 0. The second-order valence-electron chi connectivity index (χ2n) is 3.24. The van der Waals surface area contributed by atoms with E-state index in [0.29, 0.717) is 0 Å². The van der Waals surface area contributed by atoms with E-state index in [4.69, 9.17) is 0 Å². The van der Waals surface area contributed by atoms with Crippen LogP contribution in [0.15, 0.2) is 54.6 Å². The average molecular weight is 263 g/mol. The minimum atomic E-state index is 0. The maximum absolute atomic E-state index is 2.20. The standard InChI is InChI=1S/C13H12.2ClH.Mg/c1-11-6-5-9-13(10-11)12-7-3-2-4-8-12;;;/h2-10H,1H3;2*1H;/q;;;+2/p-2. The van der Waals surface area contributed by atoms with Gasteiger partial charge in [0.1, 0.15) is 0 Å². The van der Waals surface area contributed by atoms with Gasteiger partial charge in [-0.3, -0.25) is 0 Å². The number of aryl methyl sites for hydroxylation is 1. The minimum Gasteiger partial charge on any atom is -1.00 e. The summed E-state index contributed by atoms with van der Waals surface area (Å²) < 4.78 is 0. The van der Waals surface area contributed by atoms with Crippen LogP contribution >= 0.6 is 0 Å². The average Bonchev–Trinajstić information content (AvgIpc) is 2.19. The van der Waals surface area contributed by atoms with Gasteiger partial charge in [0.2, 0.25) is 0 Å². The quantitative estimate of drug-likeness (QED) is 0.491. The van der Waals surface area contributed by atoms with E-state index in [1.54, 1.807) is 0 Å². The minimum absolute atomic E-state index is 0. The first-order chi connectivity index (χ1) is 6.36. The Morgan fingerprint density at radius 2 is 1.25 bits per heavy atom. The molecule has 0 unspecified atom stereocenters. The summed E-state index contributed by atoms with van der Waals surface area (Å²) in [5, 5.41) is 0. The molecule has 0 bridgehead atoms. The van der Waals surface area contributed by atoms with Crippen LogP contribution in [0.3, 0.4) is 0 Å². The Labute approximate surface area is 125 Å². The first kappa shape index (κ1) is 18.2. The summed E-state index contributed by atoms with van der Waals surface area (Å²) in [6, 6.07) is 19.0. The molecule has 2 aromatic carbocycles. The maximum Gasteiger partial charge on any atom is 2.00 e. The van der Waals surface area contributed by atoms with E-state index in [-0.39, 0.29) is 47.9 Å². The Balaban J connectivity index is 0. The molecule has 0 N–H and O–H groups in total. The van der Waals surface area contributed by atoms with Gasteiger partial charge in [0.05, 0.1) is 0 Å². The van der Waals surface area contributed by atoms with Crippen molar-refractivity contribution >= 4 is 23.1 Å². The van der Waals surface area contributed by atoms with Crippen molar-refractivity contribution in [3.63, 3.8) is 0 Å². The van der Waals surface area contributed by atoms with Crippen molar-refractivity contribution < 1.29 is 24.8 Å². The second-order valence-corrected chi connectivity index (χ2v) is 3.24. The topological polar surface area (TPSA) is 0 Å². The van der Waals surface area contributed by atoms with Gasteiger partial charge in [0, 0.05) is 0 Å². The Hall–Kier alpha value is -0.214. The third-order valence-electron chi connectivity index (χ3n) is 2.13. The molecule has 0 aliphatic rings. The Bertz CT molecular complexity index is 402. The van der Waals surface area contributed by atoms with Crippen molar-refractivity contribution in [2.24, 2.45) is 0 Å². The fourth-order valence-corrected chi connectivity index (χ4v) is 1.46. The summed E-state index contributed by atoms with van der Waals surface area (Å²) in [4.78, 5) is 0. The molecule has 0 spiro atoms. The number of hydrogen-bond donors (Lipinski definition) is 0. The van der Waals surface area contributed by atoms with E-state index in [1.807, 2.05) is 6.07 Å². The van der Waals surface area contributed by atoms with Crippen LogP contribution in [-0.2, 0) is 0 Å². The third kappa shape index (κ3) is 4.75. The summed E-state index contributed by atoms with van der Waals surface area (Å²) >= 11 is 0. The molecule has 0 nitrogen and oxygen atoms in total.